The summed E-state index contributed by atoms with van der Waals surface area (Å²) in [5.41, 5.74) is -0.0196. The molecular formula is C12H14F3N. The molecule has 16 heavy (non-hydrogen) atoms. The Hall–Kier alpha value is -1.03. The van der Waals surface area contributed by atoms with Crippen LogP contribution in [0.3, 0.4) is 0 Å². The summed E-state index contributed by atoms with van der Waals surface area (Å²) in [7, 11) is 1.82. The Balaban J connectivity index is 2.22. The van der Waals surface area contributed by atoms with Crippen LogP contribution in [0.25, 0.3) is 0 Å². The minimum atomic E-state index is -4.23. The largest absolute Gasteiger partial charge is 0.416 e. The number of hydrogen-bond donors (Lipinski definition) is 1. The Bertz CT molecular complexity index is 373. The quantitative estimate of drug-likeness (QED) is 0.840. The fourth-order valence-corrected chi connectivity index (χ4v) is 2.19. The number of nitrogens with one attached hydrogen (secondary N) is 1. The van der Waals surface area contributed by atoms with Gasteiger partial charge in [-0.1, -0.05) is 18.2 Å². The molecule has 4 heteroatoms. The third-order valence-corrected chi connectivity index (χ3v) is 3.05. The molecule has 1 aliphatic rings. The maximum atomic E-state index is 12.7. The summed E-state index contributed by atoms with van der Waals surface area (Å²) < 4.78 is 38.2. The van der Waals surface area contributed by atoms with E-state index in [0.717, 1.165) is 13.0 Å². The Labute approximate surface area is 92.7 Å². The topological polar surface area (TPSA) is 12.0 Å². The zero-order chi connectivity index (χ0) is 11.8. The Morgan fingerprint density at radius 1 is 1.31 bits per heavy atom. The van der Waals surface area contributed by atoms with Crippen molar-refractivity contribution in [3.05, 3.63) is 35.4 Å². The minimum Gasteiger partial charge on any atom is -0.319 e. The molecule has 0 aromatic heterocycles. The molecule has 0 amide bonds. The van der Waals surface area contributed by atoms with E-state index in [-0.39, 0.29) is 5.92 Å². The predicted molar refractivity (Wildman–Crippen MR) is 56.2 cm³/mol. The van der Waals surface area contributed by atoms with E-state index in [1.54, 1.807) is 12.1 Å². The van der Waals surface area contributed by atoms with Gasteiger partial charge >= 0.3 is 6.18 Å². The number of halogens is 3. The fourth-order valence-electron chi connectivity index (χ4n) is 2.19. The van der Waals surface area contributed by atoms with Gasteiger partial charge in [0.15, 0.2) is 0 Å². The molecule has 0 radical (unpaired) electrons. The first-order chi connectivity index (χ1) is 7.54. The van der Waals surface area contributed by atoms with Crippen LogP contribution >= 0.6 is 0 Å². The highest BCUT2D eigenvalue weighted by Gasteiger charge is 2.43. The van der Waals surface area contributed by atoms with Crippen LogP contribution in [0.2, 0.25) is 0 Å². The zero-order valence-electron chi connectivity index (χ0n) is 9.01. The zero-order valence-corrected chi connectivity index (χ0v) is 9.01. The van der Waals surface area contributed by atoms with Gasteiger partial charge in [0.05, 0.1) is 5.56 Å². The summed E-state index contributed by atoms with van der Waals surface area (Å²) in [6.07, 6.45) is -3.38. The third-order valence-electron chi connectivity index (χ3n) is 3.05. The normalized spacial score (nSPS) is 24.5. The highest BCUT2D eigenvalue weighted by atomic mass is 19.4. The molecule has 1 saturated carbocycles. The molecule has 1 fully saturated rings. The molecule has 0 aliphatic heterocycles. The summed E-state index contributed by atoms with van der Waals surface area (Å²) in [5, 5.41) is 3.01. The van der Waals surface area contributed by atoms with Crippen LogP contribution in [0, 0.1) is 5.92 Å². The van der Waals surface area contributed by atoms with Crippen molar-refractivity contribution in [1.82, 2.24) is 5.32 Å². The van der Waals surface area contributed by atoms with Crippen molar-refractivity contribution >= 4 is 0 Å². The van der Waals surface area contributed by atoms with E-state index in [2.05, 4.69) is 5.32 Å². The average molecular weight is 229 g/mol. The molecule has 0 bridgehead atoms. The second kappa shape index (κ2) is 4.09. The van der Waals surface area contributed by atoms with E-state index < -0.39 is 11.7 Å². The van der Waals surface area contributed by atoms with Crippen LogP contribution < -0.4 is 5.32 Å². The molecule has 2 atom stereocenters. The predicted octanol–water partition coefficient (Wildman–Crippen LogP) is 3.03. The molecule has 0 heterocycles. The van der Waals surface area contributed by atoms with Gasteiger partial charge in [0.25, 0.3) is 0 Å². The van der Waals surface area contributed by atoms with Crippen molar-refractivity contribution in [3.8, 4) is 0 Å². The maximum Gasteiger partial charge on any atom is 0.416 e. The van der Waals surface area contributed by atoms with Gasteiger partial charge in [-0.2, -0.15) is 13.2 Å². The molecule has 0 unspecified atom stereocenters. The second-order valence-corrected chi connectivity index (χ2v) is 4.24. The van der Waals surface area contributed by atoms with Crippen LogP contribution in [0.4, 0.5) is 13.2 Å². The molecule has 88 valence electrons. The van der Waals surface area contributed by atoms with Gasteiger partial charge in [-0.3, -0.25) is 0 Å². The van der Waals surface area contributed by atoms with E-state index in [9.17, 15) is 13.2 Å². The van der Waals surface area contributed by atoms with Crippen molar-refractivity contribution < 1.29 is 13.2 Å². The molecule has 0 spiro atoms. The Morgan fingerprint density at radius 2 is 2.00 bits per heavy atom. The van der Waals surface area contributed by atoms with Crippen LogP contribution in [0.15, 0.2) is 24.3 Å². The number of rotatable bonds is 3. The van der Waals surface area contributed by atoms with E-state index in [4.69, 9.17) is 0 Å². The van der Waals surface area contributed by atoms with Crippen molar-refractivity contribution in [1.29, 1.82) is 0 Å². The first-order valence-corrected chi connectivity index (χ1v) is 5.34. The van der Waals surface area contributed by atoms with Crippen molar-refractivity contribution in [2.24, 2.45) is 5.92 Å². The smallest absolute Gasteiger partial charge is 0.319 e. The van der Waals surface area contributed by atoms with Crippen LogP contribution in [-0.4, -0.2) is 13.6 Å². The van der Waals surface area contributed by atoms with E-state index in [0.29, 0.717) is 11.5 Å². The van der Waals surface area contributed by atoms with Gasteiger partial charge in [0, 0.05) is 0 Å². The first kappa shape index (κ1) is 11.5. The molecule has 1 aromatic carbocycles. The summed E-state index contributed by atoms with van der Waals surface area (Å²) in [6.45, 7) is 0.789. The second-order valence-electron chi connectivity index (χ2n) is 4.24. The van der Waals surface area contributed by atoms with Gasteiger partial charge in [-0.15, -0.1) is 0 Å². The van der Waals surface area contributed by atoms with E-state index in [1.807, 2.05) is 7.05 Å². The van der Waals surface area contributed by atoms with Crippen LogP contribution in [0.5, 0.6) is 0 Å². The van der Waals surface area contributed by atoms with Gasteiger partial charge in [-0.05, 0) is 43.5 Å². The lowest BCUT2D eigenvalue weighted by Crippen LogP contribution is -2.12. The van der Waals surface area contributed by atoms with Gasteiger partial charge in [0.1, 0.15) is 0 Å². The Kier molecular flexibility index (Phi) is 2.93. The molecule has 1 aromatic rings. The third kappa shape index (κ3) is 2.21. The van der Waals surface area contributed by atoms with E-state index >= 15 is 0 Å². The maximum absolute atomic E-state index is 12.7. The monoisotopic (exact) mass is 229 g/mol. The van der Waals surface area contributed by atoms with E-state index in [1.165, 1.54) is 12.1 Å². The average Bonchev–Trinajstić information content (AvgIpc) is 2.97. The lowest BCUT2D eigenvalue weighted by molar-refractivity contribution is -0.138. The van der Waals surface area contributed by atoms with Crippen molar-refractivity contribution in [2.75, 3.05) is 13.6 Å². The summed E-state index contributed by atoms with van der Waals surface area (Å²) >= 11 is 0. The molecule has 0 saturated heterocycles. The van der Waals surface area contributed by atoms with Crippen LogP contribution in [-0.2, 0) is 6.18 Å². The van der Waals surface area contributed by atoms with Gasteiger partial charge in [0.2, 0.25) is 0 Å². The molecule has 1 nitrogen and oxygen atoms in total. The highest BCUT2D eigenvalue weighted by Crippen LogP contribution is 2.50. The lowest BCUT2D eigenvalue weighted by Gasteiger charge is -2.12. The van der Waals surface area contributed by atoms with Crippen molar-refractivity contribution in [3.63, 3.8) is 0 Å². The summed E-state index contributed by atoms with van der Waals surface area (Å²) in [5.74, 6) is 0.429. The fraction of sp³-hybridized carbons (Fsp3) is 0.500. The SMILES string of the molecule is CNC[C@@H]1C[C@H]1c1ccccc1C(F)(F)F. The minimum absolute atomic E-state index is 0.0743. The van der Waals surface area contributed by atoms with Crippen molar-refractivity contribution in [2.45, 2.75) is 18.5 Å². The van der Waals surface area contributed by atoms with Crippen LogP contribution in [0.1, 0.15) is 23.5 Å². The van der Waals surface area contributed by atoms with Gasteiger partial charge < -0.3 is 5.32 Å². The Morgan fingerprint density at radius 3 is 2.62 bits per heavy atom. The van der Waals surface area contributed by atoms with Gasteiger partial charge in [-0.25, -0.2) is 0 Å². The summed E-state index contributed by atoms with van der Waals surface area (Å²) in [4.78, 5) is 0. The molecular weight excluding hydrogens is 215 g/mol. The number of hydrogen-bond acceptors (Lipinski definition) is 1. The number of benzene rings is 1. The highest BCUT2D eigenvalue weighted by molar-refractivity contribution is 5.36. The summed E-state index contributed by atoms with van der Waals surface area (Å²) in [6, 6.07) is 5.90. The lowest BCUT2D eigenvalue weighted by atomic mass is 10.0. The molecule has 2 rings (SSSR count). The molecule has 1 aliphatic carbocycles. The first-order valence-electron chi connectivity index (χ1n) is 5.34. The standard InChI is InChI=1S/C12H14F3N/c1-16-7-8-6-10(8)9-4-2-3-5-11(9)12(13,14)15/h2-5,8,10,16H,6-7H2,1H3/t8-,10+/m0/s1. The molecule has 1 N–H and O–H groups in total. The number of alkyl halides is 3.